The molecule has 1 aliphatic heterocycles. The normalized spacial score (nSPS) is 24.0. The summed E-state index contributed by atoms with van der Waals surface area (Å²) in [7, 11) is 0. The Kier molecular flexibility index (Phi) is 8.82. The van der Waals surface area contributed by atoms with Crippen molar-refractivity contribution in [2.24, 2.45) is 11.8 Å². The van der Waals surface area contributed by atoms with Crippen LogP contribution in [0.5, 0.6) is 0 Å². The molecule has 1 amide bonds. The maximum absolute atomic E-state index is 14.5. The third-order valence-corrected chi connectivity index (χ3v) is 5.66. The van der Waals surface area contributed by atoms with Crippen molar-refractivity contribution >= 4 is 5.91 Å². The van der Waals surface area contributed by atoms with Gasteiger partial charge >= 0.3 is 18.9 Å². The maximum atomic E-state index is 14.5. The molecule has 1 aromatic carbocycles. The number of nitrogens with one attached hydrogen (secondary N) is 1. The fourth-order valence-corrected chi connectivity index (χ4v) is 4.14. The van der Waals surface area contributed by atoms with E-state index in [-0.39, 0.29) is 30.2 Å². The summed E-state index contributed by atoms with van der Waals surface area (Å²) in [6.45, 7) is 4.78. The van der Waals surface area contributed by atoms with E-state index in [1.165, 1.54) is 31.7 Å². The van der Waals surface area contributed by atoms with Gasteiger partial charge < -0.3 is 12.8 Å². The second-order valence-corrected chi connectivity index (χ2v) is 7.85. The second kappa shape index (κ2) is 10.6. The molecule has 1 aliphatic carbocycles. The topological polar surface area (TPSA) is 52.6 Å². The summed E-state index contributed by atoms with van der Waals surface area (Å²) in [6, 6.07) is 2.92. The maximum Gasteiger partial charge on any atom is 1.00 e. The van der Waals surface area contributed by atoms with Gasteiger partial charge in [-0.25, -0.2) is 9.87 Å². The molecule has 6 heteroatoms. The fourth-order valence-electron chi connectivity index (χ4n) is 4.14. The molecular weight excluding hydrogens is 338 g/mol. The van der Waals surface area contributed by atoms with Crippen molar-refractivity contribution in [1.29, 1.82) is 0 Å². The molecule has 1 fully saturated rings. The Labute approximate surface area is 174 Å². The van der Waals surface area contributed by atoms with E-state index < -0.39 is 5.91 Å². The molecule has 2 aliphatic rings. The number of carbonyl (C=O) groups is 1. The second-order valence-electron chi connectivity index (χ2n) is 7.85. The van der Waals surface area contributed by atoms with Gasteiger partial charge in [-0.1, -0.05) is 25.2 Å². The molecule has 4 nitrogen and oxygen atoms in total. The number of halogens is 1. The Morgan fingerprint density at radius 3 is 2.89 bits per heavy atom. The molecule has 0 bridgehead atoms. The van der Waals surface area contributed by atoms with Crippen LogP contribution in [0.15, 0.2) is 12.1 Å². The van der Waals surface area contributed by atoms with Gasteiger partial charge in [0.2, 0.25) is 0 Å². The molecule has 3 rings (SSSR count). The van der Waals surface area contributed by atoms with Crippen molar-refractivity contribution in [3.8, 4) is 0 Å². The number of fused-ring (bicyclic) bond motifs is 1. The standard InChI is InChI=1S/C21H29FN2O2.Li/c1-15-5-2-3-7-16(8-4-6-15)13-24-10-9-17-11-18(21(25)23-26)12-20(22)19(17)14-24;/h2,4,11-12,15-16,26H,3,5-10,13-14H2,1H3,(H,23,25);/q-2;+1. The van der Waals surface area contributed by atoms with E-state index in [1.54, 1.807) is 11.5 Å². The Balaban J connectivity index is 0.00000261. The molecule has 2 N–H and O–H groups in total. The van der Waals surface area contributed by atoms with Gasteiger partial charge in [-0.2, -0.15) is 25.7 Å². The monoisotopic (exact) mass is 367 g/mol. The average Bonchev–Trinajstić information content (AvgIpc) is 2.73. The fraction of sp³-hybridized carbons (Fsp3) is 0.571. The smallest absolute Gasteiger partial charge is 0.328 e. The van der Waals surface area contributed by atoms with E-state index in [0.717, 1.165) is 37.4 Å². The third kappa shape index (κ3) is 6.06. The number of amides is 1. The van der Waals surface area contributed by atoms with E-state index in [9.17, 15) is 9.18 Å². The summed E-state index contributed by atoms with van der Waals surface area (Å²) in [6.07, 6.45) is 11.5. The molecule has 0 spiro atoms. The van der Waals surface area contributed by atoms with Crippen molar-refractivity contribution in [3.05, 3.63) is 47.5 Å². The van der Waals surface area contributed by atoms with Gasteiger partial charge in [0.25, 0.3) is 5.91 Å². The minimum atomic E-state index is -0.666. The van der Waals surface area contributed by atoms with Crippen molar-refractivity contribution in [2.75, 3.05) is 13.1 Å². The molecule has 1 heterocycles. The Bertz CT molecular complexity index is 641. The zero-order valence-electron chi connectivity index (χ0n) is 16.5. The van der Waals surface area contributed by atoms with Crippen molar-refractivity contribution in [2.45, 2.75) is 52.0 Å². The first-order valence-electron chi connectivity index (χ1n) is 9.68. The molecule has 0 radical (unpaired) electrons. The van der Waals surface area contributed by atoms with Crippen LogP contribution in [0.25, 0.3) is 0 Å². The van der Waals surface area contributed by atoms with Gasteiger partial charge in [-0.05, 0) is 30.7 Å². The largest absolute Gasteiger partial charge is 1.00 e. The first-order chi connectivity index (χ1) is 12.6. The van der Waals surface area contributed by atoms with Gasteiger partial charge in [-0.3, -0.25) is 14.9 Å². The van der Waals surface area contributed by atoms with E-state index in [4.69, 9.17) is 5.21 Å². The molecule has 27 heavy (non-hydrogen) atoms. The summed E-state index contributed by atoms with van der Waals surface area (Å²) in [4.78, 5) is 13.9. The molecule has 2 unspecified atom stereocenters. The van der Waals surface area contributed by atoms with Crippen molar-refractivity contribution in [1.82, 2.24) is 10.4 Å². The number of hydrogen-bond donors (Lipinski definition) is 2. The van der Waals surface area contributed by atoms with Crippen LogP contribution in [0.3, 0.4) is 0 Å². The number of benzene rings is 1. The predicted molar refractivity (Wildman–Crippen MR) is 99.0 cm³/mol. The number of rotatable bonds is 3. The summed E-state index contributed by atoms with van der Waals surface area (Å²) in [5, 5.41) is 8.75. The van der Waals surface area contributed by atoms with Crippen LogP contribution in [-0.4, -0.2) is 29.1 Å². The van der Waals surface area contributed by atoms with Gasteiger partial charge in [0.15, 0.2) is 0 Å². The number of nitrogens with zero attached hydrogens (tertiary/aromatic N) is 1. The predicted octanol–water partition coefficient (Wildman–Crippen LogP) is 0.932. The van der Waals surface area contributed by atoms with Crippen LogP contribution in [0.2, 0.25) is 0 Å². The molecule has 144 valence electrons. The number of hydrogen-bond acceptors (Lipinski definition) is 3. The number of carbonyl (C=O) groups excluding carboxylic acids is 1. The Morgan fingerprint density at radius 2 is 2.11 bits per heavy atom. The summed E-state index contributed by atoms with van der Waals surface area (Å²) < 4.78 is 14.5. The van der Waals surface area contributed by atoms with Crippen LogP contribution < -0.4 is 24.3 Å². The minimum Gasteiger partial charge on any atom is -0.328 e. The molecule has 0 saturated heterocycles. The van der Waals surface area contributed by atoms with E-state index in [1.807, 2.05) is 0 Å². The van der Waals surface area contributed by atoms with E-state index >= 15 is 0 Å². The van der Waals surface area contributed by atoms with Crippen molar-refractivity contribution in [3.63, 3.8) is 0 Å². The zero-order chi connectivity index (χ0) is 18.5. The minimum absolute atomic E-state index is 0. The molecule has 1 aromatic rings. The van der Waals surface area contributed by atoms with Crippen molar-refractivity contribution < 1.29 is 33.3 Å². The van der Waals surface area contributed by atoms with Gasteiger partial charge in [0, 0.05) is 24.2 Å². The quantitative estimate of drug-likeness (QED) is 0.362. The third-order valence-electron chi connectivity index (χ3n) is 5.66. The number of hydroxylamine groups is 1. The molecule has 1 saturated carbocycles. The Morgan fingerprint density at radius 1 is 1.33 bits per heavy atom. The summed E-state index contributed by atoms with van der Waals surface area (Å²) >= 11 is 0. The molecule has 2 atom stereocenters. The molecular formula is C21H29FLiN2O2-. The Hall–Kier alpha value is -0.863. The summed E-state index contributed by atoms with van der Waals surface area (Å²) in [5.41, 5.74) is 3.32. The van der Waals surface area contributed by atoms with Crippen LogP contribution in [0, 0.1) is 30.5 Å². The van der Waals surface area contributed by atoms with E-state index in [2.05, 4.69) is 24.7 Å². The van der Waals surface area contributed by atoms with E-state index in [0.29, 0.717) is 18.0 Å². The van der Waals surface area contributed by atoms with Gasteiger partial charge in [0.05, 0.1) is 0 Å². The first-order valence-corrected chi connectivity index (χ1v) is 9.68. The average molecular weight is 367 g/mol. The zero-order valence-corrected chi connectivity index (χ0v) is 16.5. The van der Waals surface area contributed by atoms with Gasteiger partial charge in [-0.15, -0.1) is 0 Å². The van der Waals surface area contributed by atoms with Gasteiger partial charge in [0.1, 0.15) is 5.82 Å². The van der Waals surface area contributed by atoms with Crippen LogP contribution >= 0.6 is 0 Å². The van der Waals surface area contributed by atoms with Crippen LogP contribution in [0.1, 0.15) is 60.5 Å². The summed E-state index contributed by atoms with van der Waals surface area (Å²) in [5.74, 6) is 0.352. The SMILES string of the molecule is CC1C[CH-]CCC(CN2CCc3cc(C(=O)NO)cc(F)c3C2)C[CH-]C1.[Li+]. The molecule has 0 aromatic heterocycles. The first kappa shape index (κ1) is 22.4. The van der Waals surface area contributed by atoms with Crippen LogP contribution in [0.4, 0.5) is 4.39 Å². The van der Waals surface area contributed by atoms with Crippen LogP contribution in [-0.2, 0) is 13.0 Å².